The summed E-state index contributed by atoms with van der Waals surface area (Å²) in [5.74, 6) is 0. The molecule has 1 unspecified atom stereocenters. The van der Waals surface area contributed by atoms with Crippen LogP contribution in [0.15, 0.2) is 51.4 Å². The molecule has 1 aliphatic heterocycles. The van der Waals surface area contributed by atoms with Crippen molar-refractivity contribution in [1.29, 1.82) is 0 Å². The lowest BCUT2D eigenvalue weighted by Gasteiger charge is -2.12. The van der Waals surface area contributed by atoms with Gasteiger partial charge in [-0.2, -0.15) is 0 Å². The van der Waals surface area contributed by atoms with E-state index in [0.717, 1.165) is 15.4 Å². The van der Waals surface area contributed by atoms with Gasteiger partial charge in [0.2, 0.25) is 0 Å². The molecule has 0 radical (unpaired) electrons. The topological polar surface area (TPSA) is 12.0 Å². The summed E-state index contributed by atoms with van der Waals surface area (Å²) < 4.78 is 2.27. The molecule has 0 fully saturated rings. The second-order valence-electron chi connectivity index (χ2n) is 4.23. The van der Waals surface area contributed by atoms with E-state index in [9.17, 15) is 0 Å². The molecule has 0 bridgehead atoms. The molecule has 1 aliphatic rings. The fraction of sp³-hybridized carbons (Fsp3) is 0.143. The highest BCUT2D eigenvalue weighted by Gasteiger charge is 2.23. The van der Waals surface area contributed by atoms with E-state index in [2.05, 4.69) is 79.6 Å². The van der Waals surface area contributed by atoms with Crippen LogP contribution in [0.3, 0.4) is 0 Å². The average molecular weight is 353 g/mol. The summed E-state index contributed by atoms with van der Waals surface area (Å²) in [6.07, 6.45) is 1.05. The molecule has 2 aromatic rings. The quantitative estimate of drug-likeness (QED) is 0.767. The number of anilines is 1. The molecule has 0 saturated carbocycles. The number of rotatable bonds is 1. The molecule has 0 saturated heterocycles. The summed E-state index contributed by atoms with van der Waals surface area (Å²) in [6.45, 7) is 0. The Balaban J connectivity index is 1.91. The molecule has 86 valence electrons. The number of benzene rings is 2. The van der Waals surface area contributed by atoms with Crippen LogP contribution in [-0.4, -0.2) is 0 Å². The summed E-state index contributed by atoms with van der Waals surface area (Å²) in [5, 5.41) is 3.58. The molecule has 0 spiro atoms. The standard InChI is InChI=1S/C14H11Br2N/c15-11-6-4-9(5-7-11)13-8-10-2-1-3-12(16)14(10)17-13/h1-7,13,17H,8H2. The maximum absolute atomic E-state index is 3.59. The lowest BCUT2D eigenvalue weighted by Crippen LogP contribution is -2.05. The number of fused-ring (bicyclic) bond motifs is 1. The van der Waals surface area contributed by atoms with Crippen molar-refractivity contribution in [2.75, 3.05) is 5.32 Å². The molecule has 2 aromatic carbocycles. The molecule has 1 heterocycles. The zero-order valence-electron chi connectivity index (χ0n) is 9.08. The molecule has 17 heavy (non-hydrogen) atoms. The third-order valence-electron chi connectivity index (χ3n) is 3.11. The third-order valence-corrected chi connectivity index (χ3v) is 4.30. The van der Waals surface area contributed by atoms with Gasteiger partial charge in [-0.1, -0.05) is 40.2 Å². The highest BCUT2D eigenvalue weighted by molar-refractivity contribution is 9.10. The first kappa shape index (κ1) is 11.3. The van der Waals surface area contributed by atoms with E-state index in [4.69, 9.17) is 0 Å². The van der Waals surface area contributed by atoms with Crippen LogP contribution >= 0.6 is 31.9 Å². The lowest BCUT2D eigenvalue weighted by molar-refractivity contribution is 0.824. The lowest BCUT2D eigenvalue weighted by atomic mass is 10.0. The summed E-state index contributed by atoms with van der Waals surface area (Å²) in [5.41, 5.74) is 3.95. The smallest absolute Gasteiger partial charge is 0.0555 e. The first-order chi connectivity index (χ1) is 8.24. The number of halogens is 2. The van der Waals surface area contributed by atoms with Crippen molar-refractivity contribution < 1.29 is 0 Å². The van der Waals surface area contributed by atoms with Crippen LogP contribution < -0.4 is 5.32 Å². The molecule has 1 atom stereocenters. The van der Waals surface area contributed by atoms with Gasteiger partial charge in [0.1, 0.15) is 0 Å². The summed E-state index contributed by atoms with van der Waals surface area (Å²) in [6, 6.07) is 15.3. The Morgan fingerprint density at radius 1 is 1.00 bits per heavy atom. The van der Waals surface area contributed by atoms with Gasteiger partial charge in [0.25, 0.3) is 0 Å². The molecule has 3 rings (SSSR count). The predicted molar refractivity (Wildman–Crippen MR) is 78.4 cm³/mol. The largest absolute Gasteiger partial charge is 0.377 e. The first-order valence-corrected chi connectivity index (χ1v) is 7.12. The SMILES string of the molecule is Brc1ccc(C2Cc3cccc(Br)c3N2)cc1. The minimum Gasteiger partial charge on any atom is -0.377 e. The Hall–Kier alpha value is -0.800. The molecule has 0 amide bonds. The second kappa shape index (κ2) is 4.46. The molecule has 3 heteroatoms. The molecule has 1 nitrogen and oxygen atoms in total. The van der Waals surface area contributed by atoms with Gasteiger partial charge in [0, 0.05) is 8.95 Å². The van der Waals surface area contributed by atoms with Gasteiger partial charge in [0.05, 0.1) is 11.7 Å². The van der Waals surface area contributed by atoms with Crippen LogP contribution in [0.25, 0.3) is 0 Å². The maximum Gasteiger partial charge on any atom is 0.0555 e. The Morgan fingerprint density at radius 2 is 1.76 bits per heavy atom. The fourth-order valence-electron chi connectivity index (χ4n) is 2.24. The zero-order valence-corrected chi connectivity index (χ0v) is 12.3. The molecule has 0 aliphatic carbocycles. The molecule has 0 aromatic heterocycles. The maximum atomic E-state index is 3.59. The molecular formula is C14H11Br2N. The van der Waals surface area contributed by atoms with E-state index in [1.165, 1.54) is 16.8 Å². The van der Waals surface area contributed by atoms with Crippen molar-refractivity contribution in [3.05, 3.63) is 62.5 Å². The number of hydrogen-bond acceptors (Lipinski definition) is 1. The van der Waals surface area contributed by atoms with Crippen LogP contribution in [-0.2, 0) is 6.42 Å². The minimum atomic E-state index is 0.386. The van der Waals surface area contributed by atoms with Gasteiger partial charge in [-0.15, -0.1) is 0 Å². The zero-order chi connectivity index (χ0) is 11.8. The number of para-hydroxylation sites is 1. The molecule has 1 N–H and O–H groups in total. The summed E-state index contributed by atoms with van der Waals surface area (Å²) in [7, 11) is 0. The van der Waals surface area contributed by atoms with Gasteiger partial charge in [-0.05, 0) is 51.7 Å². The van der Waals surface area contributed by atoms with Crippen molar-refractivity contribution in [1.82, 2.24) is 0 Å². The Kier molecular flexibility index (Phi) is 2.97. The van der Waals surface area contributed by atoms with Crippen LogP contribution in [0, 0.1) is 0 Å². The first-order valence-electron chi connectivity index (χ1n) is 5.53. The Bertz CT molecular complexity index is 549. The highest BCUT2D eigenvalue weighted by atomic mass is 79.9. The van der Waals surface area contributed by atoms with Crippen molar-refractivity contribution in [3.8, 4) is 0 Å². The Labute approximate surface area is 117 Å². The van der Waals surface area contributed by atoms with Crippen molar-refractivity contribution in [3.63, 3.8) is 0 Å². The van der Waals surface area contributed by atoms with Gasteiger partial charge >= 0.3 is 0 Å². The van der Waals surface area contributed by atoms with Crippen molar-refractivity contribution in [2.24, 2.45) is 0 Å². The monoisotopic (exact) mass is 351 g/mol. The second-order valence-corrected chi connectivity index (χ2v) is 6.00. The van der Waals surface area contributed by atoms with Crippen molar-refractivity contribution >= 4 is 37.5 Å². The average Bonchev–Trinajstić information content (AvgIpc) is 2.75. The van der Waals surface area contributed by atoms with Crippen LogP contribution in [0.1, 0.15) is 17.2 Å². The summed E-state index contributed by atoms with van der Waals surface area (Å²) in [4.78, 5) is 0. The van der Waals surface area contributed by atoms with Crippen LogP contribution in [0.4, 0.5) is 5.69 Å². The van der Waals surface area contributed by atoms with Crippen molar-refractivity contribution in [2.45, 2.75) is 12.5 Å². The van der Waals surface area contributed by atoms with E-state index >= 15 is 0 Å². The highest BCUT2D eigenvalue weighted by Crippen LogP contribution is 2.38. The van der Waals surface area contributed by atoms with Gasteiger partial charge < -0.3 is 5.32 Å². The Morgan fingerprint density at radius 3 is 2.47 bits per heavy atom. The number of hydrogen-bond donors (Lipinski definition) is 1. The van der Waals surface area contributed by atoms with Gasteiger partial charge in [0.15, 0.2) is 0 Å². The van der Waals surface area contributed by atoms with E-state index in [0.29, 0.717) is 6.04 Å². The van der Waals surface area contributed by atoms with E-state index < -0.39 is 0 Å². The summed E-state index contributed by atoms with van der Waals surface area (Å²) >= 11 is 7.05. The molecular weight excluding hydrogens is 342 g/mol. The normalized spacial score (nSPS) is 17.6. The minimum absolute atomic E-state index is 0.386. The van der Waals surface area contributed by atoms with E-state index in [-0.39, 0.29) is 0 Å². The van der Waals surface area contributed by atoms with Crippen LogP contribution in [0.2, 0.25) is 0 Å². The van der Waals surface area contributed by atoms with Gasteiger partial charge in [-0.25, -0.2) is 0 Å². The van der Waals surface area contributed by atoms with E-state index in [1.807, 2.05) is 0 Å². The van der Waals surface area contributed by atoms with Gasteiger partial charge in [-0.3, -0.25) is 0 Å². The predicted octanol–water partition coefficient (Wildman–Crippen LogP) is 4.92. The number of nitrogens with one attached hydrogen (secondary N) is 1. The fourth-order valence-corrected chi connectivity index (χ4v) is 3.03. The van der Waals surface area contributed by atoms with E-state index in [1.54, 1.807) is 0 Å². The van der Waals surface area contributed by atoms with Crippen LogP contribution in [0.5, 0.6) is 0 Å². The third kappa shape index (κ3) is 2.14.